The van der Waals surface area contributed by atoms with Crippen molar-refractivity contribution < 1.29 is 9.53 Å². The van der Waals surface area contributed by atoms with Gasteiger partial charge in [0.05, 0.1) is 0 Å². The molecule has 0 aromatic rings. The Morgan fingerprint density at radius 1 is 1.31 bits per heavy atom. The zero-order valence-corrected chi connectivity index (χ0v) is 10.9. The molecule has 0 saturated heterocycles. The molecule has 0 spiro atoms. The Labute approximate surface area is 98.4 Å². The maximum absolute atomic E-state index is 12.1. The second-order valence-corrected chi connectivity index (χ2v) is 5.02. The van der Waals surface area contributed by atoms with Gasteiger partial charge in [-0.2, -0.15) is 0 Å². The molecule has 0 aliphatic heterocycles. The van der Waals surface area contributed by atoms with Crippen LogP contribution in [0.1, 0.15) is 34.1 Å². The van der Waals surface area contributed by atoms with Gasteiger partial charge in [0, 0.05) is 19.4 Å². The van der Waals surface area contributed by atoms with Crippen LogP contribution in [0.2, 0.25) is 0 Å². The Morgan fingerprint density at radius 3 is 2.19 bits per heavy atom. The minimum Gasteiger partial charge on any atom is -0.373 e. The summed E-state index contributed by atoms with van der Waals surface area (Å²) < 4.78 is 5.41. The van der Waals surface area contributed by atoms with Crippen molar-refractivity contribution in [2.24, 2.45) is 11.8 Å². The predicted molar refractivity (Wildman–Crippen MR) is 66.3 cm³/mol. The third-order valence-corrected chi connectivity index (χ3v) is 3.07. The first-order chi connectivity index (χ1) is 7.47. The van der Waals surface area contributed by atoms with E-state index in [1.54, 1.807) is 7.11 Å². The molecule has 90 valence electrons. The second-order valence-electron chi connectivity index (χ2n) is 5.02. The molecule has 0 radical (unpaired) electrons. The van der Waals surface area contributed by atoms with Crippen LogP contribution in [0.15, 0.2) is 23.3 Å². The number of hydrogen-bond acceptors (Lipinski definition) is 2. The fourth-order valence-electron chi connectivity index (χ4n) is 2.28. The first-order valence-corrected chi connectivity index (χ1v) is 5.87. The molecule has 2 heteroatoms. The molecule has 16 heavy (non-hydrogen) atoms. The minimum absolute atomic E-state index is 0.149. The van der Waals surface area contributed by atoms with E-state index in [1.807, 2.05) is 0 Å². The Hall–Kier alpha value is -0.890. The van der Waals surface area contributed by atoms with Crippen molar-refractivity contribution in [2.75, 3.05) is 7.11 Å². The van der Waals surface area contributed by atoms with Crippen molar-refractivity contribution in [3.8, 4) is 0 Å². The number of carbonyl (C=O) groups excluding carboxylic acids is 1. The van der Waals surface area contributed by atoms with Gasteiger partial charge in [-0.15, -0.1) is 0 Å². The molecule has 2 nitrogen and oxygen atoms in total. The number of ketones is 1. The summed E-state index contributed by atoms with van der Waals surface area (Å²) in [6, 6.07) is 0. The second kappa shape index (κ2) is 5.44. The molecule has 0 amide bonds. The number of ether oxygens (including phenoxy) is 1. The zero-order chi connectivity index (χ0) is 12.3. The van der Waals surface area contributed by atoms with Gasteiger partial charge < -0.3 is 4.74 Å². The summed E-state index contributed by atoms with van der Waals surface area (Å²) >= 11 is 0. The van der Waals surface area contributed by atoms with E-state index in [0.29, 0.717) is 12.3 Å². The van der Waals surface area contributed by atoms with Crippen molar-refractivity contribution in [3.05, 3.63) is 23.3 Å². The summed E-state index contributed by atoms with van der Waals surface area (Å²) in [5.74, 6) is 0.751. The van der Waals surface area contributed by atoms with Crippen LogP contribution in [0.5, 0.6) is 0 Å². The fraction of sp³-hybridized carbons (Fsp3) is 0.643. The Bertz CT molecular complexity index is 306. The first kappa shape index (κ1) is 13.2. The van der Waals surface area contributed by atoms with Crippen LogP contribution in [0.25, 0.3) is 0 Å². The SMILES string of the molecule is COC(C(=O)CC(C)C)C1C(C)=CC=C1C. The topological polar surface area (TPSA) is 26.3 Å². The van der Waals surface area contributed by atoms with Gasteiger partial charge in [-0.1, -0.05) is 37.1 Å². The fourth-order valence-corrected chi connectivity index (χ4v) is 2.28. The summed E-state index contributed by atoms with van der Waals surface area (Å²) in [6.07, 6.45) is 4.44. The average molecular weight is 222 g/mol. The summed E-state index contributed by atoms with van der Waals surface area (Å²) in [7, 11) is 1.63. The van der Waals surface area contributed by atoms with E-state index in [1.165, 1.54) is 11.1 Å². The lowest BCUT2D eigenvalue weighted by Crippen LogP contribution is -2.33. The smallest absolute Gasteiger partial charge is 0.162 e. The molecule has 0 aromatic heterocycles. The monoisotopic (exact) mass is 222 g/mol. The normalized spacial score (nSPS) is 18.6. The van der Waals surface area contributed by atoms with Crippen LogP contribution in [-0.4, -0.2) is 19.0 Å². The van der Waals surface area contributed by atoms with Crippen molar-refractivity contribution in [3.63, 3.8) is 0 Å². The molecule has 1 aliphatic rings. The Balaban J connectivity index is 2.78. The highest BCUT2D eigenvalue weighted by Crippen LogP contribution is 2.31. The maximum atomic E-state index is 12.1. The number of Topliss-reactive ketones (excluding diaryl/α,β-unsaturated/α-hetero) is 1. The maximum Gasteiger partial charge on any atom is 0.162 e. The number of allylic oxidation sites excluding steroid dienone is 2. The van der Waals surface area contributed by atoms with Crippen LogP contribution in [0.4, 0.5) is 0 Å². The molecule has 1 unspecified atom stereocenters. The molecule has 0 saturated carbocycles. The molecule has 1 aliphatic carbocycles. The van der Waals surface area contributed by atoms with Gasteiger partial charge in [0.2, 0.25) is 0 Å². The lowest BCUT2D eigenvalue weighted by Gasteiger charge is -2.24. The molecule has 0 aromatic carbocycles. The zero-order valence-electron chi connectivity index (χ0n) is 10.9. The molecule has 0 heterocycles. The van der Waals surface area contributed by atoms with E-state index in [9.17, 15) is 4.79 Å². The van der Waals surface area contributed by atoms with Crippen LogP contribution in [0.3, 0.4) is 0 Å². The van der Waals surface area contributed by atoms with Crippen LogP contribution in [-0.2, 0) is 9.53 Å². The van der Waals surface area contributed by atoms with Crippen LogP contribution < -0.4 is 0 Å². The highest BCUT2D eigenvalue weighted by molar-refractivity contribution is 5.84. The summed E-state index contributed by atoms with van der Waals surface area (Å²) in [5.41, 5.74) is 2.45. The lowest BCUT2D eigenvalue weighted by atomic mass is 9.87. The largest absolute Gasteiger partial charge is 0.373 e. The molecule has 0 fully saturated rings. The number of hydrogen-bond donors (Lipinski definition) is 0. The third-order valence-electron chi connectivity index (χ3n) is 3.07. The Morgan fingerprint density at radius 2 is 1.81 bits per heavy atom. The predicted octanol–water partition coefficient (Wildman–Crippen LogP) is 3.14. The molecular weight excluding hydrogens is 200 g/mol. The van der Waals surface area contributed by atoms with Crippen molar-refractivity contribution >= 4 is 5.78 Å². The summed E-state index contributed by atoms with van der Waals surface area (Å²) in [4.78, 5) is 12.1. The van der Waals surface area contributed by atoms with Gasteiger partial charge in [0.15, 0.2) is 5.78 Å². The first-order valence-electron chi connectivity index (χ1n) is 5.87. The third kappa shape index (κ3) is 2.82. The van der Waals surface area contributed by atoms with Gasteiger partial charge in [0.25, 0.3) is 0 Å². The number of carbonyl (C=O) groups is 1. The van der Waals surface area contributed by atoms with Gasteiger partial charge in [-0.25, -0.2) is 0 Å². The summed E-state index contributed by atoms with van der Waals surface area (Å²) in [5, 5.41) is 0. The lowest BCUT2D eigenvalue weighted by molar-refractivity contribution is -0.131. The van der Waals surface area contributed by atoms with E-state index in [4.69, 9.17) is 4.74 Å². The highest BCUT2D eigenvalue weighted by Gasteiger charge is 2.32. The Kier molecular flexibility index (Phi) is 4.48. The van der Waals surface area contributed by atoms with Crippen LogP contribution in [0, 0.1) is 11.8 Å². The van der Waals surface area contributed by atoms with Gasteiger partial charge in [-0.05, 0) is 19.8 Å². The molecule has 0 N–H and O–H groups in total. The molecule has 1 rings (SSSR count). The van der Waals surface area contributed by atoms with Gasteiger partial charge >= 0.3 is 0 Å². The van der Waals surface area contributed by atoms with E-state index in [-0.39, 0.29) is 17.8 Å². The molecule has 1 atom stereocenters. The van der Waals surface area contributed by atoms with Crippen LogP contribution >= 0.6 is 0 Å². The molecular formula is C14H22O2. The minimum atomic E-state index is -0.308. The van der Waals surface area contributed by atoms with E-state index >= 15 is 0 Å². The number of methoxy groups -OCH3 is 1. The van der Waals surface area contributed by atoms with Crippen molar-refractivity contribution in [1.29, 1.82) is 0 Å². The van der Waals surface area contributed by atoms with Crippen molar-refractivity contribution in [1.82, 2.24) is 0 Å². The summed E-state index contributed by atoms with van der Waals surface area (Å²) in [6.45, 7) is 8.24. The number of rotatable bonds is 5. The van der Waals surface area contributed by atoms with Crippen molar-refractivity contribution in [2.45, 2.75) is 40.2 Å². The highest BCUT2D eigenvalue weighted by atomic mass is 16.5. The quantitative estimate of drug-likeness (QED) is 0.714. The average Bonchev–Trinajstić information content (AvgIpc) is 2.49. The van der Waals surface area contributed by atoms with Gasteiger partial charge in [-0.3, -0.25) is 4.79 Å². The van der Waals surface area contributed by atoms with E-state index < -0.39 is 0 Å². The standard InChI is InChI=1S/C14H22O2/c1-9(2)8-12(15)14(16-5)13-10(3)6-7-11(13)4/h6-7,9,13-14H,8H2,1-5H3. The van der Waals surface area contributed by atoms with Gasteiger partial charge in [0.1, 0.15) is 6.10 Å². The molecule has 0 bridgehead atoms. The van der Waals surface area contributed by atoms with E-state index in [2.05, 4.69) is 39.8 Å². The van der Waals surface area contributed by atoms with E-state index in [0.717, 1.165) is 0 Å².